The number of carbonyl (C=O) groups excluding carboxylic acids is 1. The standard InChI is InChI=1S/C17H17N3O4S/c1-20-14-4-3-5-16(24-2)13(14)10-15(20)17(21)19-11-6-8-12(9-7-11)25(18,22)23/h3-10H,1-2H3,(H,19,21)(H2,18,22,23). The third-order valence-corrected chi connectivity index (χ3v) is 4.87. The van der Waals surface area contributed by atoms with Crippen LogP contribution >= 0.6 is 0 Å². The fourth-order valence-electron chi connectivity index (χ4n) is 2.65. The Balaban J connectivity index is 1.91. The number of fused-ring (bicyclic) bond motifs is 1. The van der Waals surface area contributed by atoms with E-state index in [1.165, 1.54) is 24.3 Å². The zero-order chi connectivity index (χ0) is 18.2. The SMILES string of the molecule is COc1cccc2c1cc(C(=O)Nc1ccc(S(N)(=O)=O)cc1)n2C. The fraction of sp³-hybridized carbons (Fsp3) is 0.118. The summed E-state index contributed by atoms with van der Waals surface area (Å²) >= 11 is 0. The van der Waals surface area contributed by atoms with Gasteiger partial charge in [-0.1, -0.05) is 6.07 Å². The maximum absolute atomic E-state index is 12.6. The first kappa shape index (κ1) is 17.0. The van der Waals surface area contributed by atoms with Crippen LogP contribution in [0.5, 0.6) is 5.75 Å². The number of methoxy groups -OCH3 is 1. The number of aryl methyl sites for hydroxylation is 1. The lowest BCUT2D eigenvalue weighted by molar-refractivity contribution is 0.101. The molecule has 0 aliphatic heterocycles. The molecule has 3 aromatic rings. The highest BCUT2D eigenvalue weighted by atomic mass is 32.2. The van der Waals surface area contributed by atoms with Gasteiger partial charge in [0, 0.05) is 18.1 Å². The first-order valence-corrected chi connectivity index (χ1v) is 8.92. The summed E-state index contributed by atoms with van der Waals surface area (Å²) in [6.45, 7) is 0. The summed E-state index contributed by atoms with van der Waals surface area (Å²) in [7, 11) is -0.392. The second-order valence-electron chi connectivity index (χ2n) is 5.51. The van der Waals surface area contributed by atoms with E-state index in [4.69, 9.17) is 9.88 Å². The highest BCUT2D eigenvalue weighted by Gasteiger charge is 2.16. The molecular weight excluding hydrogens is 342 g/mol. The number of nitrogens with zero attached hydrogens (tertiary/aromatic N) is 1. The highest BCUT2D eigenvalue weighted by Crippen LogP contribution is 2.28. The van der Waals surface area contributed by atoms with Crippen LogP contribution in [-0.4, -0.2) is 26.0 Å². The number of sulfonamides is 1. The summed E-state index contributed by atoms with van der Waals surface area (Å²) < 4.78 is 29.6. The quantitative estimate of drug-likeness (QED) is 0.744. The molecule has 0 saturated heterocycles. The zero-order valence-electron chi connectivity index (χ0n) is 13.7. The van der Waals surface area contributed by atoms with Crippen molar-refractivity contribution in [1.29, 1.82) is 0 Å². The smallest absolute Gasteiger partial charge is 0.272 e. The predicted molar refractivity (Wildman–Crippen MR) is 95.2 cm³/mol. The molecule has 3 rings (SSSR count). The van der Waals surface area contributed by atoms with Crippen molar-refractivity contribution >= 4 is 32.5 Å². The molecule has 2 aromatic carbocycles. The van der Waals surface area contributed by atoms with Crippen molar-refractivity contribution in [2.75, 3.05) is 12.4 Å². The Labute approximate surface area is 145 Å². The molecule has 1 heterocycles. The van der Waals surface area contributed by atoms with E-state index in [9.17, 15) is 13.2 Å². The van der Waals surface area contributed by atoms with Crippen molar-refractivity contribution in [1.82, 2.24) is 4.57 Å². The Morgan fingerprint density at radius 1 is 1.16 bits per heavy atom. The number of hydrogen-bond acceptors (Lipinski definition) is 4. The van der Waals surface area contributed by atoms with Crippen LogP contribution < -0.4 is 15.2 Å². The summed E-state index contributed by atoms with van der Waals surface area (Å²) in [5, 5.41) is 8.63. The van der Waals surface area contributed by atoms with Gasteiger partial charge < -0.3 is 14.6 Å². The van der Waals surface area contributed by atoms with E-state index in [0.717, 1.165) is 10.9 Å². The molecule has 25 heavy (non-hydrogen) atoms. The number of primary sulfonamides is 1. The number of aromatic nitrogens is 1. The molecule has 3 N–H and O–H groups in total. The number of hydrogen-bond donors (Lipinski definition) is 2. The van der Waals surface area contributed by atoms with Gasteiger partial charge in [-0.3, -0.25) is 4.79 Å². The number of nitrogens with two attached hydrogens (primary N) is 1. The van der Waals surface area contributed by atoms with Crippen LogP contribution in [0.2, 0.25) is 0 Å². The van der Waals surface area contributed by atoms with Gasteiger partial charge in [-0.2, -0.15) is 0 Å². The number of benzene rings is 2. The van der Waals surface area contributed by atoms with E-state index < -0.39 is 10.0 Å². The number of amides is 1. The molecule has 0 unspecified atom stereocenters. The van der Waals surface area contributed by atoms with Crippen LogP contribution in [0.25, 0.3) is 10.9 Å². The van der Waals surface area contributed by atoms with Crippen LogP contribution in [0.4, 0.5) is 5.69 Å². The van der Waals surface area contributed by atoms with Gasteiger partial charge in [-0.15, -0.1) is 0 Å². The zero-order valence-corrected chi connectivity index (χ0v) is 14.5. The van der Waals surface area contributed by atoms with E-state index in [0.29, 0.717) is 17.1 Å². The molecule has 130 valence electrons. The Hall–Kier alpha value is -2.84. The van der Waals surface area contributed by atoms with Crippen molar-refractivity contribution in [2.24, 2.45) is 12.2 Å². The third-order valence-electron chi connectivity index (χ3n) is 3.94. The molecule has 0 saturated carbocycles. The second kappa shape index (κ2) is 6.23. The molecule has 0 radical (unpaired) electrons. The number of anilines is 1. The maximum atomic E-state index is 12.6. The Morgan fingerprint density at radius 3 is 2.44 bits per heavy atom. The minimum Gasteiger partial charge on any atom is -0.496 e. The molecule has 0 aliphatic carbocycles. The molecular formula is C17H17N3O4S. The molecule has 0 fully saturated rings. The van der Waals surface area contributed by atoms with E-state index in [-0.39, 0.29) is 10.8 Å². The van der Waals surface area contributed by atoms with E-state index in [1.54, 1.807) is 24.8 Å². The molecule has 0 bridgehead atoms. The van der Waals surface area contributed by atoms with E-state index >= 15 is 0 Å². The Kier molecular flexibility index (Phi) is 4.23. The lowest BCUT2D eigenvalue weighted by Gasteiger charge is -2.07. The summed E-state index contributed by atoms with van der Waals surface area (Å²) in [6, 6.07) is 13.0. The van der Waals surface area contributed by atoms with Crippen LogP contribution in [0.3, 0.4) is 0 Å². The Morgan fingerprint density at radius 2 is 1.84 bits per heavy atom. The Bertz CT molecular complexity index is 1050. The van der Waals surface area contributed by atoms with E-state index in [2.05, 4.69) is 5.32 Å². The van der Waals surface area contributed by atoms with Gasteiger partial charge in [0.25, 0.3) is 5.91 Å². The fourth-order valence-corrected chi connectivity index (χ4v) is 3.17. The lowest BCUT2D eigenvalue weighted by Crippen LogP contribution is -2.16. The molecule has 0 atom stereocenters. The number of rotatable bonds is 4. The third kappa shape index (κ3) is 3.21. The topological polar surface area (TPSA) is 103 Å². The van der Waals surface area contributed by atoms with Gasteiger partial charge >= 0.3 is 0 Å². The van der Waals surface area contributed by atoms with E-state index in [1.807, 2.05) is 18.2 Å². The summed E-state index contributed by atoms with van der Waals surface area (Å²) in [6.07, 6.45) is 0. The second-order valence-corrected chi connectivity index (χ2v) is 7.07. The molecule has 0 aliphatic rings. The van der Waals surface area contributed by atoms with Crippen molar-refractivity contribution in [3.63, 3.8) is 0 Å². The molecule has 1 aromatic heterocycles. The number of nitrogens with one attached hydrogen (secondary N) is 1. The number of carbonyl (C=O) groups is 1. The lowest BCUT2D eigenvalue weighted by atomic mass is 10.2. The molecule has 0 spiro atoms. The van der Waals surface area contributed by atoms with Crippen LogP contribution in [-0.2, 0) is 17.1 Å². The normalized spacial score (nSPS) is 11.5. The minimum atomic E-state index is -3.76. The van der Waals surface area contributed by atoms with Gasteiger partial charge in [0.1, 0.15) is 11.4 Å². The first-order valence-electron chi connectivity index (χ1n) is 7.38. The summed E-state index contributed by atoms with van der Waals surface area (Å²) in [5.74, 6) is 0.369. The van der Waals surface area contributed by atoms with Crippen molar-refractivity contribution in [2.45, 2.75) is 4.90 Å². The molecule has 8 heteroatoms. The maximum Gasteiger partial charge on any atom is 0.272 e. The van der Waals surface area contributed by atoms with Gasteiger partial charge in [-0.25, -0.2) is 13.6 Å². The van der Waals surface area contributed by atoms with Gasteiger partial charge in [0.05, 0.1) is 17.5 Å². The van der Waals surface area contributed by atoms with Crippen molar-refractivity contribution < 1.29 is 17.9 Å². The largest absolute Gasteiger partial charge is 0.496 e. The monoisotopic (exact) mass is 359 g/mol. The first-order chi connectivity index (χ1) is 11.8. The highest BCUT2D eigenvalue weighted by molar-refractivity contribution is 7.89. The molecule has 1 amide bonds. The van der Waals surface area contributed by atoms with Crippen LogP contribution in [0.1, 0.15) is 10.5 Å². The van der Waals surface area contributed by atoms with Gasteiger partial charge in [-0.05, 0) is 42.5 Å². The number of ether oxygens (including phenoxy) is 1. The van der Waals surface area contributed by atoms with Gasteiger partial charge in [0.15, 0.2) is 0 Å². The minimum absolute atomic E-state index is 0.0140. The summed E-state index contributed by atoms with van der Waals surface area (Å²) in [4.78, 5) is 12.6. The average Bonchev–Trinajstić information content (AvgIpc) is 2.92. The van der Waals surface area contributed by atoms with Crippen molar-refractivity contribution in [3.05, 3.63) is 54.2 Å². The summed E-state index contributed by atoms with van der Waals surface area (Å²) in [5.41, 5.74) is 1.79. The molecule has 7 nitrogen and oxygen atoms in total. The van der Waals surface area contributed by atoms with Gasteiger partial charge in [0.2, 0.25) is 10.0 Å². The predicted octanol–water partition coefficient (Wildman–Crippen LogP) is 2.09. The van der Waals surface area contributed by atoms with Crippen LogP contribution in [0, 0.1) is 0 Å². The average molecular weight is 359 g/mol. The van der Waals surface area contributed by atoms with Crippen molar-refractivity contribution in [3.8, 4) is 5.75 Å². The van der Waals surface area contributed by atoms with Crippen LogP contribution in [0.15, 0.2) is 53.4 Å².